The zero-order chi connectivity index (χ0) is 11.5. The van der Waals surface area contributed by atoms with Crippen molar-refractivity contribution < 1.29 is 0 Å². The SMILES string of the molecule is CCC1CCN(CC2CN([SH](C)C)C2)CC1. The van der Waals surface area contributed by atoms with Crippen molar-refractivity contribution in [3.8, 4) is 0 Å². The summed E-state index contributed by atoms with van der Waals surface area (Å²) in [4.78, 5) is 2.71. The van der Waals surface area contributed by atoms with Crippen LogP contribution < -0.4 is 0 Å². The average Bonchev–Trinajstić information content (AvgIpc) is 2.23. The van der Waals surface area contributed by atoms with Crippen molar-refractivity contribution in [3.63, 3.8) is 0 Å². The Morgan fingerprint density at radius 2 is 1.69 bits per heavy atom. The third-order valence-corrected chi connectivity index (χ3v) is 5.76. The minimum atomic E-state index is 0.180. The van der Waals surface area contributed by atoms with Gasteiger partial charge < -0.3 is 4.90 Å². The number of nitrogens with zero attached hydrogens (tertiary/aromatic N) is 2. The first-order valence-corrected chi connectivity index (χ1v) is 9.02. The van der Waals surface area contributed by atoms with E-state index >= 15 is 0 Å². The van der Waals surface area contributed by atoms with E-state index in [4.69, 9.17) is 0 Å². The summed E-state index contributed by atoms with van der Waals surface area (Å²) in [6.07, 6.45) is 9.03. The van der Waals surface area contributed by atoms with Crippen LogP contribution in [0.1, 0.15) is 26.2 Å². The molecule has 0 aromatic rings. The summed E-state index contributed by atoms with van der Waals surface area (Å²) in [7, 11) is 0. The van der Waals surface area contributed by atoms with Gasteiger partial charge in [0.1, 0.15) is 0 Å². The zero-order valence-corrected chi connectivity index (χ0v) is 12.0. The van der Waals surface area contributed by atoms with Crippen LogP contribution in [0.25, 0.3) is 0 Å². The van der Waals surface area contributed by atoms with E-state index in [0.717, 1.165) is 11.8 Å². The van der Waals surface area contributed by atoms with Gasteiger partial charge in [0.15, 0.2) is 0 Å². The second kappa shape index (κ2) is 5.74. The maximum atomic E-state index is 2.71. The summed E-state index contributed by atoms with van der Waals surface area (Å²) in [6.45, 7) is 9.17. The minimum Gasteiger partial charge on any atom is -0.303 e. The molecule has 3 heteroatoms. The molecule has 0 unspecified atom stereocenters. The van der Waals surface area contributed by atoms with Crippen molar-refractivity contribution in [2.45, 2.75) is 26.2 Å². The lowest BCUT2D eigenvalue weighted by Gasteiger charge is -2.46. The molecule has 0 saturated carbocycles. The highest BCUT2D eigenvalue weighted by molar-refractivity contribution is 8.13. The lowest BCUT2D eigenvalue weighted by atomic mass is 9.93. The summed E-state index contributed by atoms with van der Waals surface area (Å²) >= 11 is 0.180. The van der Waals surface area contributed by atoms with Gasteiger partial charge in [-0.25, -0.2) is 11.1 Å². The van der Waals surface area contributed by atoms with E-state index in [2.05, 4.69) is 28.6 Å². The van der Waals surface area contributed by atoms with Crippen LogP contribution in [-0.2, 0) is 0 Å². The van der Waals surface area contributed by atoms with E-state index in [1.54, 1.807) is 0 Å². The molecule has 96 valence electrons. The van der Waals surface area contributed by atoms with Gasteiger partial charge in [0, 0.05) is 19.6 Å². The van der Waals surface area contributed by atoms with Crippen LogP contribution in [0.5, 0.6) is 0 Å². The van der Waals surface area contributed by atoms with Crippen molar-refractivity contribution in [1.82, 2.24) is 9.21 Å². The van der Waals surface area contributed by atoms with Gasteiger partial charge in [-0.1, -0.05) is 13.3 Å². The Morgan fingerprint density at radius 1 is 1.06 bits per heavy atom. The zero-order valence-electron chi connectivity index (χ0n) is 11.2. The summed E-state index contributed by atoms with van der Waals surface area (Å²) < 4.78 is 2.65. The number of thiol groups is 1. The first-order chi connectivity index (χ1) is 7.69. The van der Waals surface area contributed by atoms with Gasteiger partial charge in [-0.3, -0.25) is 4.31 Å². The Balaban J connectivity index is 1.62. The predicted molar refractivity (Wildman–Crippen MR) is 75.4 cm³/mol. The van der Waals surface area contributed by atoms with Crippen LogP contribution in [0, 0.1) is 11.8 Å². The molecule has 2 aliphatic heterocycles. The number of likely N-dealkylation sites (tertiary alicyclic amines) is 1. The summed E-state index contributed by atoms with van der Waals surface area (Å²) in [5.74, 6) is 2.00. The minimum absolute atomic E-state index is 0.180. The number of piperidine rings is 1. The molecular weight excluding hydrogens is 216 g/mol. The van der Waals surface area contributed by atoms with Crippen molar-refractivity contribution in [1.29, 1.82) is 0 Å². The monoisotopic (exact) mass is 244 g/mol. The quantitative estimate of drug-likeness (QED) is 0.758. The highest BCUT2D eigenvalue weighted by atomic mass is 32.2. The van der Waals surface area contributed by atoms with Gasteiger partial charge >= 0.3 is 0 Å². The summed E-state index contributed by atoms with van der Waals surface area (Å²) in [5.41, 5.74) is 0. The van der Waals surface area contributed by atoms with Gasteiger partial charge in [-0.05, 0) is 50.3 Å². The Hall–Kier alpha value is 0.270. The molecule has 16 heavy (non-hydrogen) atoms. The molecular formula is C13H28N2S. The predicted octanol–water partition coefficient (Wildman–Crippen LogP) is 2.22. The fraction of sp³-hybridized carbons (Fsp3) is 1.00. The topological polar surface area (TPSA) is 6.48 Å². The van der Waals surface area contributed by atoms with Gasteiger partial charge in [-0.15, -0.1) is 0 Å². The second-order valence-corrected chi connectivity index (χ2v) is 8.00. The smallest absolute Gasteiger partial charge is 0.0125 e. The molecule has 0 aromatic heterocycles. The molecule has 2 aliphatic rings. The third kappa shape index (κ3) is 3.14. The molecule has 2 nitrogen and oxygen atoms in total. The maximum absolute atomic E-state index is 2.71. The Labute approximate surface area is 104 Å². The van der Waals surface area contributed by atoms with E-state index in [9.17, 15) is 0 Å². The lowest BCUT2D eigenvalue weighted by Crippen LogP contribution is -2.50. The molecule has 2 rings (SSSR count). The van der Waals surface area contributed by atoms with Crippen molar-refractivity contribution in [3.05, 3.63) is 0 Å². The van der Waals surface area contributed by atoms with Gasteiger partial charge in [0.2, 0.25) is 0 Å². The highest BCUT2D eigenvalue weighted by Crippen LogP contribution is 2.32. The number of hydrogen-bond donors (Lipinski definition) is 1. The van der Waals surface area contributed by atoms with Crippen LogP contribution in [0.4, 0.5) is 0 Å². The molecule has 0 amide bonds. The lowest BCUT2D eigenvalue weighted by molar-refractivity contribution is 0.109. The maximum Gasteiger partial charge on any atom is 0.0125 e. The molecule has 2 saturated heterocycles. The van der Waals surface area contributed by atoms with Crippen LogP contribution in [0.2, 0.25) is 0 Å². The summed E-state index contributed by atoms with van der Waals surface area (Å²) in [6, 6.07) is 0. The molecule has 0 bridgehead atoms. The molecule has 0 atom stereocenters. The van der Waals surface area contributed by atoms with Crippen LogP contribution in [-0.4, -0.2) is 54.4 Å². The van der Waals surface area contributed by atoms with E-state index in [-0.39, 0.29) is 11.1 Å². The van der Waals surface area contributed by atoms with Crippen molar-refractivity contribution in [2.75, 3.05) is 45.2 Å². The first-order valence-electron chi connectivity index (χ1n) is 6.83. The number of rotatable bonds is 4. The standard InChI is InChI=1S/C13H28N2S/c1-4-12-5-7-14(8-6-12)9-13-10-15(11-13)16(2)3/h12-13,16H,4-11H2,1-3H3. The molecule has 0 spiro atoms. The Bertz CT molecular complexity index is 206. The van der Waals surface area contributed by atoms with Crippen LogP contribution >= 0.6 is 11.1 Å². The molecule has 2 heterocycles. The largest absolute Gasteiger partial charge is 0.303 e. The third-order valence-electron chi connectivity index (χ3n) is 4.30. The average molecular weight is 244 g/mol. The molecule has 0 radical (unpaired) electrons. The van der Waals surface area contributed by atoms with Gasteiger partial charge in [-0.2, -0.15) is 0 Å². The normalized spacial score (nSPS) is 26.8. The van der Waals surface area contributed by atoms with Crippen LogP contribution in [0.15, 0.2) is 0 Å². The van der Waals surface area contributed by atoms with Gasteiger partial charge in [0.25, 0.3) is 0 Å². The summed E-state index contributed by atoms with van der Waals surface area (Å²) in [5, 5.41) is 0. The number of hydrogen-bond acceptors (Lipinski definition) is 2. The molecule has 2 fully saturated rings. The van der Waals surface area contributed by atoms with E-state index < -0.39 is 0 Å². The Kier molecular flexibility index (Phi) is 4.57. The van der Waals surface area contributed by atoms with Gasteiger partial charge in [0.05, 0.1) is 0 Å². The fourth-order valence-electron chi connectivity index (χ4n) is 2.93. The van der Waals surface area contributed by atoms with Crippen molar-refractivity contribution >= 4 is 11.1 Å². The Morgan fingerprint density at radius 3 is 2.19 bits per heavy atom. The molecule has 0 aliphatic carbocycles. The molecule has 0 N–H and O–H groups in total. The van der Waals surface area contributed by atoms with E-state index in [0.29, 0.717) is 0 Å². The second-order valence-electron chi connectivity index (χ2n) is 5.74. The van der Waals surface area contributed by atoms with Crippen LogP contribution in [0.3, 0.4) is 0 Å². The van der Waals surface area contributed by atoms with E-state index in [1.165, 1.54) is 52.0 Å². The first kappa shape index (κ1) is 12.7. The fourth-order valence-corrected chi connectivity index (χ4v) is 4.04. The highest BCUT2D eigenvalue weighted by Gasteiger charge is 2.30. The van der Waals surface area contributed by atoms with Crippen molar-refractivity contribution in [2.24, 2.45) is 11.8 Å². The van der Waals surface area contributed by atoms with E-state index in [1.807, 2.05) is 0 Å². The molecule has 0 aromatic carbocycles.